The van der Waals surface area contributed by atoms with Gasteiger partial charge < -0.3 is 22.1 Å². The molecule has 6 N–H and O–H groups in total. The Labute approximate surface area is 167 Å². The summed E-state index contributed by atoms with van der Waals surface area (Å²) in [6.07, 6.45) is 3.75. The summed E-state index contributed by atoms with van der Waals surface area (Å²) < 4.78 is 0. The molecule has 7 nitrogen and oxygen atoms in total. The van der Waals surface area contributed by atoms with Gasteiger partial charge >= 0.3 is 0 Å². The van der Waals surface area contributed by atoms with E-state index in [0.29, 0.717) is 41.3 Å². The molecule has 1 aromatic carbocycles. The Morgan fingerprint density at radius 3 is 2.96 bits per heavy atom. The summed E-state index contributed by atoms with van der Waals surface area (Å²) in [5.74, 6) is 1.74. The molecular weight excluding hydrogens is 385 g/mol. The van der Waals surface area contributed by atoms with E-state index < -0.39 is 0 Å². The molecule has 2 heterocycles. The maximum atomic E-state index is 6.35. The van der Waals surface area contributed by atoms with Gasteiger partial charge in [-0.05, 0) is 30.5 Å². The van der Waals surface area contributed by atoms with Crippen LogP contribution in [0.2, 0.25) is 10.0 Å². The summed E-state index contributed by atoms with van der Waals surface area (Å²) >= 11 is 12.3. The second-order valence-electron chi connectivity index (χ2n) is 5.96. The standard InChI is InChI=1S/C18H21Cl2N7/c19-11-1-2-12(14(20)9-11)18-26-15-4-6-23-10-13(15)17(27-18)25-8-7-24-16(22)3-5-21/h1-3,5,9,23H,4,6-8,10,21H2,(H2,22,24)(H,25,26,27). The van der Waals surface area contributed by atoms with Crippen molar-refractivity contribution in [2.45, 2.75) is 13.0 Å². The third-order valence-electron chi connectivity index (χ3n) is 4.07. The van der Waals surface area contributed by atoms with E-state index in [2.05, 4.69) is 15.6 Å². The lowest BCUT2D eigenvalue weighted by atomic mass is 10.1. The number of benzene rings is 1. The van der Waals surface area contributed by atoms with E-state index in [1.165, 1.54) is 6.20 Å². The number of halogens is 2. The first-order chi connectivity index (χ1) is 13.1. The molecule has 0 fully saturated rings. The Balaban J connectivity index is 1.87. The molecule has 9 heteroatoms. The van der Waals surface area contributed by atoms with Gasteiger partial charge in [-0.25, -0.2) is 9.97 Å². The van der Waals surface area contributed by atoms with Gasteiger partial charge in [0.25, 0.3) is 0 Å². The Morgan fingerprint density at radius 1 is 1.33 bits per heavy atom. The molecule has 0 bridgehead atoms. The minimum Gasteiger partial charge on any atom is -0.404 e. The van der Waals surface area contributed by atoms with Crippen LogP contribution in [-0.2, 0) is 13.0 Å². The van der Waals surface area contributed by atoms with E-state index in [4.69, 9.17) is 44.6 Å². The molecule has 0 spiro atoms. The number of hydrogen-bond donors (Lipinski definition) is 4. The maximum Gasteiger partial charge on any atom is 0.163 e. The van der Waals surface area contributed by atoms with E-state index >= 15 is 0 Å². The van der Waals surface area contributed by atoms with Crippen LogP contribution in [-0.4, -0.2) is 35.4 Å². The van der Waals surface area contributed by atoms with Gasteiger partial charge in [-0.2, -0.15) is 0 Å². The Hall–Kier alpha value is -2.35. The van der Waals surface area contributed by atoms with Crippen molar-refractivity contribution in [3.63, 3.8) is 0 Å². The Kier molecular flexibility index (Phi) is 6.49. The van der Waals surface area contributed by atoms with Gasteiger partial charge in [-0.1, -0.05) is 23.2 Å². The number of amidine groups is 1. The zero-order chi connectivity index (χ0) is 19.2. The van der Waals surface area contributed by atoms with E-state index in [1.54, 1.807) is 18.2 Å². The highest BCUT2D eigenvalue weighted by Crippen LogP contribution is 2.31. The van der Waals surface area contributed by atoms with Gasteiger partial charge in [0.05, 0.1) is 17.3 Å². The molecule has 0 unspecified atom stereocenters. The first-order valence-corrected chi connectivity index (χ1v) is 9.32. The summed E-state index contributed by atoms with van der Waals surface area (Å²) in [7, 11) is 0. The van der Waals surface area contributed by atoms with E-state index in [1.807, 2.05) is 6.07 Å². The largest absolute Gasteiger partial charge is 0.404 e. The number of hydrogen-bond acceptors (Lipinski definition) is 6. The molecule has 0 amide bonds. The Morgan fingerprint density at radius 2 is 2.19 bits per heavy atom. The van der Waals surface area contributed by atoms with Gasteiger partial charge in [0.2, 0.25) is 0 Å². The minimum atomic E-state index is 0.388. The molecule has 0 aliphatic carbocycles. The summed E-state index contributed by atoms with van der Waals surface area (Å²) in [6, 6.07) is 5.31. The SMILES string of the molecule is NC=CC(N)=NCCNc1nc(-c2ccc(Cl)cc2Cl)nc2c1CNCC2. The summed E-state index contributed by atoms with van der Waals surface area (Å²) in [6.45, 7) is 2.67. The van der Waals surface area contributed by atoms with Gasteiger partial charge in [-0.15, -0.1) is 0 Å². The van der Waals surface area contributed by atoms with Crippen molar-refractivity contribution in [3.8, 4) is 11.4 Å². The first-order valence-electron chi connectivity index (χ1n) is 8.56. The Bertz CT molecular complexity index is 880. The number of aromatic nitrogens is 2. The van der Waals surface area contributed by atoms with E-state index in [0.717, 1.165) is 35.6 Å². The lowest BCUT2D eigenvalue weighted by Gasteiger charge is -2.21. The molecule has 27 heavy (non-hydrogen) atoms. The predicted molar refractivity (Wildman–Crippen MR) is 111 cm³/mol. The van der Waals surface area contributed by atoms with Crippen molar-refractivity contribution in [2.24, 2.45) is 16.5 Å². The lowest BCUT2D eigenvalue weighted by molar-refractivity contribution is 0.628. The van der Waals surface area contributed by atoms with Gasteiger partial charge in [0.15, 0.2) is 5.82 Å². The van der Waals surface area contributed by atoms with Crippen molar-refractivity contribution in [3.05, 3.63) is 51.8 Å². The molecule has 0 atom stereocenters. The van der Waals surface area contributed by atoms with Crippen molar-refractivity contribution in [1.82, 2.24) is 15.3 Å². The van der Waals surface area contributed by atoms with Gasteiger partial charge in [0, 0.05) is 42.2 Å². The van der Waals surface area contributed by atoms with Crippen molar-refractivity contribution < 1.29 is 0 Å². The molecule has 0 saturated carbocycles. The molecule has 2 aromatic rings. The molecule has 1 aromatic heterocycles. The highest BCUT2D eigenvalue weighted by Gasteiger charge is 2.19. The van der Waals surface area contributed by atoms with Gasteiger partial charge in [-0.3, -0.25) is 4.99 Å². The summed E-state index contributed by atoms with van der Waals surface area (Å²) in [5.41, 5.74) is 13.8. The van der Waals surface area contributed by atoms with Crippen LogP contribution in [0, 0.1) is 0 Å². The molecule has 0 saturated heterocycles. The quantitative estimate of drug-likeness (QED) is 0.333. The van der Waals surface area contributed by atoms with Crippen LogP contribution in [0.1, 0.15) is 11.3 Å². The predicted octanol–water partition coefficient (Wildman–Crippen LogP) is 2.34. The molecule has 142 valence electrons. The van der Waals surface area contributed by atoms with Crippen LogP contribution in [0.4, 0.5) is 5.82 Å². The average Bonchev–Trinajstić information content (AvgIpc) is 2.65. The molecule has 1 aliphatic heterocycles. The number of rotatable bonds is 6. The number of nitrogens with zero attached hydrogens (tertiary/aromatic N) is 3. The van der Waals surface area contributed by atoms with Crippen molar-refractivity contribution in [1.29, 1.82) is 0 Å². The zero-order valence-corrected chi connectivity index (χ0v) is 16.2. The number of anilines is 1. The van der Waals surface area contributed by atoms with Crippen LogP contribution in [0.15, 0.2) is 35.5 Å². The summed E-state index contributed by atoms with van der Waals surface area (Å²) in [5, 5.41) is 7.78. The van der Waals surface area contributed by atoms with Crippen molar-refractivity contribution in [2.75, 3.05) is 25.0 Å². The minimum absolute atomic E-state index is 0.388. The van der Waals surface area contributed by atoms with Crippen LogP contribution < -0.4 is 22.1 Å². The molecule has 0 radical (unpaired) electrons. The lowest BCUT2D eigenvalue weighted by Crippen LogP contribution is -2.27. The normalized spacial score (nSPS) is 14.4. The fraction of sp³-hybridized carbons (Fsp3) is 0.278. The molecular formula is C18H21Cl2N7. The topological polar surface area (TPSA) is 114 Å². The fourth-order valence-electron chi connectivity index (χ4n) is 2.79. The highest BCUT2D eigenvalue weighted by molar-refractivity contribution is 6.36. The number of nitrogens with one attached hydrogen (secondary N) is 2. The van der Waals surface area contributed by atoms with Crippen LogP contribution >= 0.6 is 23.2 Å². The number of nitrogens with two attached hydrogens (primary N) is 2. The third kappa shape index (κ3) is 4.88. The fourth-order valence-corrected chi connectivity index (χ4v) is 3.28. The van der Waals surface area contributed by atoms with Crippen LogP contribution in [0.5, 0.6) is 0 Å². The average molecular weight is 406 g/mol. The second kappa shape index (κ2) is 9.03. The highest BCUT2D eigenvalue weighted by atomic mass is 35.5. The van der Waals surface area contributed by atoms with Crippen molar-refractivity contribution >= 4 is 34.9 Å². The van der Waals surface area contributed by atoms with E-state index in [-0.39, 0.29) is 0 Å². The van der Waals surface area contributed by atoms with Crippen LogP contribution in [0.25, 0.3) is 11.4 Å². The summed E-state index contributed by atoms with van der Waals surface area (Å²) in [4.78, 5) is 13.6. The number of fused-ring (bicyclic) bond motifs is 1. The zero-order valence-electron chi connectivity index (χ0n) is 14.7. The first kappa shape index (κ1) is 19.4. The third-order valence-corrected chi connectivity index (χ3v) is 4.62. The monoisotopic (exact) mass is 405 g/mol. The molecule has 3 rings (SSSR count). The maximum absolute atomic E-state index is 6.35. The van der Waals surface area contributed by atoms with E-state index in [9.17, 15) is 0 Å². The smallest absolute Gasteiger partial charge is 0.163 e. The van der Waals surface area contributed by atoms with Crippen LogP contribution in [0.3, 0.4) is 0 Å². The second-order valence-corrected chi connectivity index (χ2v) is 6.81. The molecule has 1 aliphatic rings. The van der Waals surface area contributed by atoms with Gasteiger partial charge in [0.1, 0.15) is 11.7 Å². The number of aliphatic imine (C=N–C) groups is 1.